The number of aromatic nitrogens is 1. The van der Waals surface area contributed by atoms with Crippen LogP contribution in [0.2, 0.25) is 0 Å². The molecule has 0 unspecified atom stereocenters. The summed E-state index contributed by atoms with van der Waals surface area (Å²) in [5.41, 5.74) is 0.959. The van der Waals surface area contributed by atoms with E-state index >= 15 is 0 Å². The number of pyridine rings is 1. The molecule has 0 spiro atoms. The minimum Gasteiger partial charge on any atom is -0.388 e. The molecule has 32 heavy (non-hydrogen) atoms. The van der Waals surface area contributed by atoms with E-state index in [4.69, 9.17) is 9.47 Å². The zero-order valence-corrected chi connectivity index (χ0v) is 19.6. The smallest absolute Gasteiger partial charge is 0.219 e. The number of hydrogen-bond acceptors (Lipinski definition) is 7. The van der Waals surface area contributed by atoms with Crippen molar-refractivity contribution in [2.24, 2.45) is 5.92 Å². The number of rotatable bonds is 6. The molecule has 180 valence electrons. The van der Waals surface area contributed by atoms with E-state index in [0.717, 1.165) is 12.1 Å². The number of nitrogens with zero attached hydrogens (tertiary/aromatic N) is 3. The Labute approximate surface area is 191 Å². The van der Waals surface area contributed by atoms with Crippen molar-refractivity contribution in [2.75, 3.05) is 46.0 Å². The summed E-state index contributed by atoms with van der Waals surface area (Å²) in [4.78, 5) is 20.7. The maximum atomic E-state index is 12.4. The lowest BCUT2D eigenvalue weighted by atomic mass is 10.1. The molecule has 3 atom stereocenters. The monoisotopic (exact) mass is 449 g/mol. The number of hydrogen-bond donors (Lipinski definition) is 2. The van der Waals surface area contributed by atoms with Crippen molar-refractivity contribution in [3.8, 4) is 0 Å². The van der Waals surface area contributed by atoms with E-state index in [9.17, 15) is 15.0 Å². The van der Waals surface area contributed by atoms with Gasteiger partial charge in [0.25, 0.3) is 0 Å². The molecular formula is C24H39N3O5. The van der Waals surface area contributed by atoms with Crippen LogP contribution in [0.15, 0.2) is 36.5 Å². The molecule has 8 nitrogen and oxygen atoms in total. The highest BCUT2D eigenvalue weighted by Gasteiger charge is 2.30. The van der Waals surface area contributed by atoms with Gasteiger partial charge in [-0.25, -0.2) is 0 Å². The summed E-state index contributed by atoms with van der Waals surface area (Å²) in [5.74, 6) is 0.357. The van der Waals surface area contributed by atoms with Gasteiger partial charge in [-0.1, -0.05) is 32.1 Å². The lowest BCUT2D eigenvalue weighted by Gasteiger charge is -2.33. The third-order valence-corrected chi connectivity index (χ3v) is 5.48. The number of carbonyl (C=O) groups excluding carboxylic acids is 1. The van der Waals surface area contributed by atoms with Gasteiger partial charge in [-0.2, -0.15) is 0 Å². The van der Waals surface area contributed by atoms with Crippen molar-refractivity contribution in [2.45, 2.75) is 52.0 Å². The first-order valence-electron chi connectivity index (χ1n) is 11.4. The predicted molar refractivity (Wildman–Crippen MR) is 123 cm³/mol. The van der Waals surface area contributed by atoms with Crippen molar-refractivity contribution in [3.05, 3.63) is 42.2 Å². The van der Waals surface area contributed by atoms with Crippen molar-refractivity contribution < 1.29 is 24.5 Å². The molecule has 1 aliphatic heterocycles. The molecule has 0 radical (unpaired) electrons. The van der Waals surface area contributed by atoms with Gasteiger partial charge < -0.3 is 24.6 Å². The van der Waals surface area contributed by atoms with Crippen LogP contribution < -0.4 is 0 Å². The van der Waals surface area contributed by atoms with Gasteiger partial charge in [0.15, 0.2) is 0 Å². The molecule has 0 fully saturated rings. The predicted octanol–water partition coefficient (Wildman–Crippen LogP) is 1.47. The molecule has 0 aliphatic carbocycles. The fraction of sp³-hybridized carbons (Fsp3) is 0.667. The van der Waals surface area contributed by atoms with Gasteiger partial charge in [0, 0.05) is 52.5 Å². The molecule has 0 aromatic carbocycles. The first-order valence-corrected chi connectivity index (χ1v) is 11.4. The van der Waals surface area contributed by atoms with E-state index < -0.39 is 18.3 Å². The largest absolute Gasteiger partial charge is 0.388 e. The van der Waals surface area contributed by atoms with E-state index in [2.05, 4.69) is 23.7 Å². The van der Waals surface area contributed by atoms with E-state index in [-0.39, 0.29) is 19.1 Å². The molecule has 8 heteroatoms. The second-order valence-corrected chi connectivity index (χ2v) is 8.68. The van der Waals surface area contributed by atoms with Crippen molar-refractivity contribution in [1.82, 2.24) is 14.8 Å². The first-order chi connectivity index (χ1) is 15.4. The highest BCUT2D eigenvalue weighted by molar-refractivity contribution is 5.73. The van der Waals surface area contributed by atoms with Gasteiger partial charge in [-0.05, 0) is 24.5 Å². The Morgan fingerprint density at radius 2 is 2.09 bits per heavy atom. The zero-order valence-electron chi connectivity index (χ0n) is 19.6. The van der Waals surface area contributed by atoms with Crippen LogP contribution in [0.4, 0.5) is 0 Å². The second kappa shape index (κ2) is 14.3. The maximum absolute atomic E-state index is 12.4. The molecule has 1 aromatic heterocycles. The Hall–Kier alpha value is -1.84. The van der Waals surface area contributed by atoms with E-state index in [0.29, 0.717) is 45.3 Å². The van der Waals surface area contributed by atoms with Gasteiger partial charge in [0.1, 0.15) is 18.3 Å². The van der Waals surface area contributed by atoms with Crippen molar-refractivity contribution >= 4 is 5.91 Å². The summed E-state index contributed by atoms with van der Waals surface area (Å²) < 4.78 is 11.5. The first kappa shape index (κ1) is 26.4. The third-order valence-electron chi connectivity index (χ3n) is 5.48. The molecule has 1 aromatic rings. The Balaban J connectivity index is 2.14. The Bertz CT molecular complexity index is 685. The van der Waals surface area contributed by atoms with Gasteiger partial charge in [0.2, 0.25) is 5.91 Å². The van der Waals surface area contributed by atoms with Crippen LogP contribution in [0.5, 0.6) is 0 Å². The SMILES string of the molecule is CC(=O)N1CCN(Cc2ccccn2)C/C=C\COC[C@H](O)[C@H](O)[C@@H](OCCC(C)C)C1. The van der Waals surface area contributed by atoms with Gasteiger partial charge in [-0.15, -0.1) is 0 Å². The van der Waals surface area contributed by atoms with Crippen LogP contribution >= 0.6 is 0 Å². The number of carbonyl (C=O) groups is 1. The zero-order chi connectivity index (χ0) is 23.3. The molecule has 2 N–H and O–H groups in total. The molecule has 1 amide bonds. The van der Waals surface area contributed by atoms with Crippen LogP contribution in [-0.4, -0.2) is 95.2 Å². The van der Waals surface area contributed by atoms with Crippen LogP contribution in [0.1, 0.15) is 32.9 Å². The van der Waals surface area contributed by atoms with Gasteiger partial charge >= 0.3 is 0 Å². The average molecular weight is 450 g/mol. The molecule has 0 bridgehead atoms. The van der Waals surface area contributed by atoms with Gasteiger partial charge in [0.05, 0.1) is 18.9 Å². The lowest BCUT2D eigenvalue weighted by molar-refractivity contribution is -0.139. The number of amides is 1. The number of aliphatic hydroxyl groups excluding tert-OH is 2. The molecule has 2 rings (SSSR count). The quantitative estimate of drug-likeness (QED) is 0.635. The molecule has 1 aliphatic rings. The van der Waals surface area contributed by atoms with Crippen LogP contribution in [-0.2, 0) is 20.8 Å². The molecule has 0 saturated carbocycles. The normalized spacial score (nSPS) is 25.4. The number of ether oxygens (including phenoxy) is 2. The molecular weight excluding hydrogens is 410 g/mol. The average Bonchev–Trinajstić information content (AvgIpc) is 2.76. The summed E-state index contributed by atoms with van der Waals surface area (Å²) in [6.45, 7) is 9.18. The van der Waals surface area contributed by atoms with Gasteiger partial charge in [-0.3, -0.25) is 14.7 Å². The maximum Gasteiger partial charge on any atom is 0.219 e. The standard InChI is InChI=1S/C24H39N3O5/c1-19(2)9-15-32-23-17-27(20(3)28)13-12-26(16-21-8-4-5-10-25-21)11-6-7-14-31-18-22(29)24(23)30/h4-8,10,19,22-24,29-30H,9,11-18H2,1-3H3/b7-6-/t22-,23-,24-/m0/s1. The number of aliphatic hydroxyl groups is 2. The molecule has 0 saturated heterocycles. The van der Waals surface area contributed by atoms with E-state index in [1.165, 1.54) is 6.92 Å². The fourth-order valence-corrected chi connectivity index (χ4v) is 3.42. The fourth-order valence-electron chi connectivity index (χ4n) is 3.42. The summed E-state index contributed by atoms with van der Waals surface area (Å²) in [6, 6.07) is 5.83. The highest BCUT2D eigenvalue weighted by Crippen LogP contribution is 2.12. The van der Waals surface area contributed by atoms with Crippen molar-refractivity contribution in [3.63, 3.8) is 0 Å². The van der Waals surface area contributed by atoms with Crippen LogP contribution in [0.3, 0.4) is 0 Å². The third kappa shape index (κ3) is 9.75. The van der Waals surface area contributed by atoms with Crippen LogP contribution in [0, 0.1) is 5.92 Å². The Kier molecular flexibility index (Phi) is 11.8. The molecule has 2 heterocycles. The van der Waals surface area contributed by atoms with Crippen molar-refractivity contribution in [1.29, 1.82) is 0 Å². The minimum absolute atomic E-state index is 0.00668. The topological polar surface area (TPSA) is 95.4 Å². The highest BCUT2D eigenvalue weighted by atomic mass is 16.5. The summed E-state index contributed by atoms with van der Waals surface area (Å²) >= 11 is 0. The summed E-state index contributed by atoms with van der Waals surface area (Å²) in [7, 11) is 0. The Morgan fingerprint density at radius 1 is 1.28 bits per heavy atom. The summed E-state index contributed by atoms with van der Waals surface area (Å²) in [5, 5.41) is 21.1. The summed E-state index contributed by atoms with van der Waals surface area (Å²) in [6.07, 6.45) is 3.57. The van der Waals surface area contributed by atoms with Crippen LogP contribution in [0.25, 0.3) is 0 Å². The van der Waals surface area contributed by atoms with E-state index in [1.807, 2.05) is 30.4 Å². The lowest BCUT2D eigenvalue weighted by Crippen LogP contribution is -2.50. The Morgan fingerprint density at radius 3 is 2.78 bits per heavy atom. The van der Waals surface area contributed by atoms with E-state index in [1.54, 1.807) is 11.1 Å². The minimum atomic E-state index is -1.15. The second-order valence-electron chi connectivity index (χ2n) is 8.68.